The second-order valence-electron chi connectivity index (χ2n) is 6.12. The van der Waals surface area contributed by atoms with E-state index in [1.165, 1.54) is 0 Å². The minimum atomic E-state index is -0.177. The van der Waals surface area contributed by atoms with Crippen LogP contribution in [0.1, 0.15) is 5.56 Å². The summed E-state index contributed by atoms with van der Waals surface area (Å²) in [5, 5.41) is 3.82. The van der Waals surface area contributed by atoms with Gasteiger partial charge in [-0.1, -0.05) is 29.3 Å². The summed E-state index contributed by atoms with van der Waals surface area (Å²) in [6.45, 7) is 3.97. The van der Waals surface area contributed by atoms with Crippen LogP contribution in [0.3, 0.4) is 0 Å². The molecule has 1 aliphatic rings. The van der Waals surface area contributed by atoms with Crippen molar-refractivity contribution in [2.75, 3.05) is 43.4 Å². The lowest BCUT2D eigenvalue weighted by Gasteiger charge is -2.33. The van der Waals surface area contributed by atoms with Crippen LogP contribution in [0.5, 0.6) is 0 Å². The molecular weight excluding hydrogens is 359 g/mol. The van der Waals surface area contributed by atoms with E-state index < -0.39 is 0 Å². The Kier molecular flexibility index (Phi) is 5.78. The predicted molar refractivity (Wildman–Crippen MR) is 103 cm³/mol. The van der Waals surface area contributed by atoms with Gasteiger partial charge in [0.15, 0.2) is 0 Å². The Morgan fingerprint density at radius 2 is 1.80 bits per heavy atom. The molecule has 25 heavy (non-hydrogen) atoms. The summed E-state index contributed by atoms with van der Waals surface area (Å²) in [7, 11) is 2.12. The van der Waals surface area contributed by atoms with E-state index in [0.717, 1.165) is 32.0 Å². The molecule has 1 saturated heterocycles. The van der Waals surface area contributed by atoms with E-state index >= 15 is 0 Å². The average molecular weight is 379 g/mol. The van der Waals surface area contributed by atoms with Crippen molar-refractivity contribution in [3.8, 4) is 0 Å². The van der Waals surface area contributed by atoms with Gasteiger partial charge in [0, 0.05) is 36.2 Å². The van der Waals surface area contributed by atoms with E-state index in [1.54, 1.807) is 24.4 Å². The number of hydrogen-bond acceptors (Lipinski definition) is 4. The van der Waals surface area contributed by atoms with Crippen LogP contribution in [0, 0.1) is 0 Å². The summed E-state index contributed by atoms with van der Waals surface area (Å²) in [5.41, 5.74) is 1.29. The van der Waals surface area contributed by atoms with Crippen molar-refractivity contribution in [2.45, 2.75) is 6.42 Å². The maximum Gasteiger partial charge on any atom is 0.228 e. The molecule has 1 aromatic carbocycles. The zero-order chi connectivity index (χ0) is 17.8. The first kappa shape index (κ1) is 18.0. The molecule has 0 saturated carbocycles. The summed E-state index contributed by atoms with van der Waals surface area (Å²) in [6, 6.07) is 9.01. The third-order valence-corrected chi connectivity index (χ3v) is 4.97. The molecule has 0 bridgehead atoms. The van der Waals surface area contributed by atoms with Gasteiger partial charge in [-0.3, -0.25) is 4.79 Å². The summed E-state index contributed by atoms with van der Waals surface area (Å²) >= 11 is 12.2. The molecule has 0 atom stereocenters. The van der Waals surface area contributed by atoms with Gasteiger partial charge < -0.3 is 15.1 Å². The second-order valence-corrected chi connectivity index (χ2v) is 6.93. The van der Waals surface area contributed by atoms with Gasteiger partial charge >= 0.3 is 0 Å². The highest BCUT2D eigenvalue weighted by Crippen LogP contribution is 2.25. The number of hydrogen-bond donors (Lipinski definition) is 1. The number of piperazine rings is 1. The molecule has 1 amide bonds. The van der Waals surface area contributed by atoms with E-state index in [0.29, 0.717) is 21.3 Å². The van der Waals surface area contributed by atoms with Crippen molar-refractivity contribution in [1.29, 1.82) is 0 Å². The summed E-state index contributed by atoms with van der Waals surface area (Å²) in [5.74, 6) is 0.754. The summed E-state index contributed by atoms with van der Waals surface area (Å²) < 4.78 is 0. The van der Waals surface area contributed by atoms with Gasteiger partial charge in [0.1, 0.15) is 5.82 Å². The molecule has 0 spiro atoms. The predicted octanol–water partition coefficient (Wildman–Crippen LogP) is 3.32. The zero-order valence-electron chi connectivity index (χ0n) is 14.0. The topological polar surface area (TPSA) is 48.5 Å². The van der Waals surface area contributed by atoms with Crippen molar-refractivity contribution in [3.63, 3.8) is 0 Å². The molecule has 5 nitrogen and oxygen atoms in total. The first-order chi connectivity index (χ1) is 12.0. The molecule has 1 aliphatic heterocycles. The third kappa shape index (κ3) is 4.63. The maximum atomic E-state index is 12.2. The SMILES string of the molecule is CN1CCN(c2ccc(NC(=O)Cc3c(Cl)cccc3Cl)cn2)CC1. The zero-order valence-corrected chi connectivity index (χ0v) is 15.5. The highest BCUT2D eigenvalue weighted by molar-refractivity contribution is 6.36. The van der Waals surface area contributed by atoms with Gasteiger partial charge in [0.2, 0.25) is 5.91 Å². The number of likely N-dealkylation sites (N-methyl/N-ethyl adjacent to an activating group) is 1. The van der Waals surface area contributed by atoms with Gasteiger partial charge in [-0.15, -0.1) is 0 Å². The lowest BCUT2D eigenvalue weighted by molar-refractivity contribution is -0.115. The standard InChI is InChI=1S/C18H20Cl2N4O/c1-23-7-9-24(10-8-23)17-6-5-13(12-21-17)22-18(25)11-14-15(19)3-2-4-16(14)20/h2-6,12H,7-11H2,1H3,(H,22,25). The Morgan fingerprint density at radius 1 is 1.12 bits per heavy atom. The lowest BCUT2D eigenvalue weighted by atomic mass is 10.1. The van der Waals surface area contributed by atoms with Crippen molar-refractivity contribution in [1.82, 2.24) is 9.88 Å². The van der Waals surface area contributed by atoms with Crippen molar-refractivity contribution in [3.05, 3.63) is 52.1 Å². The first-order valence-electron chi connectivity index (χ1n) is 8.15. The number of rotatable bonds is 4. The number of pyridine rings is 1. The highest BCUT2D eigenvalue weighted by atomic mass is 35.5. The number of halogens is 2. The Labute approximate surface area is 157 Å². The molecule has 132 valence electrons. The Balaban J connectivity index is 1.60. The molecule has 1 aromatic heterocycles. The van der Waals surface area contributed by atoms with Crippen LogP contribution in [0.15, 0.2) is 36.5 Å². The number of nitrogens with zero attached hydrogens (tertiary/aromatic N) is 3. The lowest BCUT2D eigenvalue weighted by Crippen LogP contribution is -2.44. The first-order valence-corrected chi connectivity index (χ1v) is 8.91. The molecule has 3 rings (SSSR count). The van der Waals surface area contributed by atoms with Gasteiger partial charge in [-0.2, -0.15) is 0 Å². The highest BCUT2D eigenvalue weighted by Gasteiger charge is 2.15. The second kappa shape index (κ2) is 8.04. The Hall–Kier alpha value is -1.82. The summed E-state index contributed by atoms with van der Waals surface area (Å²) in [4.78, 5) is 21.2. The average Bonchev–Trinajstić information content (AvgIpc) is 2.60. The molecule has 1 fully saturated rings. The molecule has 0 radical (unpaired) electrons. The van der Waals surface area contributed by atoms with Crippen LogP contribution in [0.2, 0.25) is 10.0 Å². The van der Waals surface area contributed by atoms with Crippen LogP contribution in [-0.4, -0.2) is 49.0 Å². The molecule has 2 aromatic rings. The Morgan fingerprint density at radius 3 is 2.40 bits per heavy atom. The largest absolute Gasteiger partial charge is 0.354 e. The molecule has 7 heteroatoms. The van der Waals surface area contributed by atoms with Crippen LogP contribution < -0.4 is 10.2 Å². The smallest absolute Gasteiger partial charge is 0.228 e. The van der Waals surface area contributed by atoms with Gasteiger partial charge in [0.05, 0.1) is 18.3 Å². The maximum absolute atomic E-state index is 12.2. The number of nitrogens with one attached hydrogen (secondary N) is 1. The van der Waals surface area contributed by atoms with E-state index in [2.05, 4.69) is 27.1 Å². The number of anilines is 2. The van der Waals surface area contributed by atoms with Crippen LogP contribution in [0.25, 0.3) is 0 Å². The van der Waals surface area contributed by atoms with E-state index in [4.69, 9.17) is 23.2 Å². The van der Waals surface area contributed by atoms with Gasteiger partial charge in [-0.05, 0) is 36.9 Å². The third-order valence-electron chi connectivity index (χ3n) is 4.26. The monoisotopic (exact) mass is 378 g/mol. The fraction of sp³-hybridized carbons (Fsp3) is 0.333. The van der Waals surface area contributed by atoms with Crippen LogP contribution in [0.4, 0.5) is 11.5 Å². The van der Waals surface area contributed by atoms with Crippen molar-refractivity contribution in [2.24, 2.45) is 0 Å². The number of aromatic nitrogens is 1. The van der Waals surface area contributed by atoms with E-state index in [-0.39, 0.29) is 12.3 Å². The number of benzene rings is 1. The number of carbonyl (C=O) groups is 1. The minimum absolute atomic E-state index is 0.124. The Bertz CT molecular complexity index is 723. The number of carbonyl (C=O) groups excluding carboxylic acids is 1. The van der Waals surface area contributed by atoms with E-state index in [1.807, 2.05) is 12.1 Å². The molecular formula is C18H20Cl2N4O. The fourth-order valence-electron chi connectivity index (χ4n) is 2.75. The molecule has 0 aliphatic carbocycles. The van der Waals surface area contributed by atoms with E-state index in [9.17, 15) is 4.79 Å². The molecule has 2 heterocycles. The number of amides is 1. The fourth-order valence-corrected chi connectivity index (χ4v) is 3.28. The normalized spacial score (nSPS) is 15.2. The molecule has 1 N–H and O–H groups in total. The van der Waals surface area contributed by atoms with Gasteiger partial charge in [0.25, 0.3) is 0 Å². The van der Waals surface area contributed by atoms with Gasteiger partial charge in [-0.25, -0.2) is 4.98 Å². The van der Waals surface area contributed by atoms with Crippen molar-refractivity contribution >= 4 is 40.6 Å². The summed E-state index contributed by atoms with van der Waals surface area (Å²) in [6.07, 6.45) is 1.80. The van der Waals surface area contributed by atoms with Crippen molar-refractivity contribution < 1.29 is 4.79 Å². The molecule has 0 unspecified atom stereocenters. The van der Waals surface area contributed by atoms with Crippen LogP contribution in [-0.2, 0) is 11.2 Å². The van der Waals surface area contributed by atoms with Crippen LogP contribution >= 0.6 is 23.2 Å². The minimum Gasteiger partial charge on any atom is -0.354 e. The quantitative estimate of drug-likeness (QED) is 0.886.